The van der Waals surface area contributed by atoms with E-state index in [1.165, 1.54) is 0 Å². The van der Waals surface area contributed by atoms with Crippen molar-refractivity contribution in [2.45, 2.75) is 12.8 Å². The Hall–Kier alpha value is -1.77. The van der Waals surface area contributed by atoms with E-state index in [0.717, 1.165) is 25.1 Å². The number of nitrogens with two attached hydrogens (primary N) is 1. The van der Waals surface area contributed by atoms with Gasteiger partial charge in [0.1, 0.15) is 0 Å². The molecule has 0 atom stereocenters. The number of anilines is 1. The fourth-order valence-corrected chi connectivity index (χ4v) is 1.23. The predicted octanol–water partition coefficient (Wildman–Crippen LogP) is 2.16. The number of carbonyl (C=O) groups excluding carboxylic acids is 1. The van der Waals surface area contributed by atoms with E-state index >= 15 is 0 Å². The molecule has 0 bridgehead atoms. The molecule has 0 aliphatic carbocycles. The van der Waals surface area contributed by atoms with Gasteiger partial charge in [0.15, 0.2) is 0 Å². The van der Waals surface area contributed by atoms with Gasteiger partial charge in [-0.3, -0.25) is 4.79 Å². The van der Waals surface area contributed by atoms with E-state index in [4.69, 9.17) is 5.73 Å². The summed E-state index contributed by atoms with van der Waals surface area (Å²) in [4.78, 5) is 10.8. The molecule has 3 N–H and O–H groups in total. The van der Waals surface area contributed by atoms with Crippen LogP contribution in [0.3, 0.4) is 0 Å². The molecule has 0 spiro atoms. The Labute approximate surface area is 90.0 Å². The standard InChI is InChI=1S/C12H16N2O/c1-2-3-4-9-14-11-7-5-10(6-8-11)12(13)15/h2,5-8,14H,1,3-4,9H2,(H2,13,15). The van der Waals surface area contributed by atoms with Gasteiger partial charge in [-0.1, -0.05) is 6.08 Å². The summed E-state index contributed by atoms with van der Waals surface area (Å²) in [6.45, 7) is 4.56. The normalized spacial score (nSPS) is 9.60. The molecule has 15 heavy (non-hydrogen) atoms. The number of unbranched alkanes of at least 4 members (excludes halogenated alkanes) is 1. The second kappa shape index (κ2) is 5.86. The summed E-state index contributed by atoms with van der Waals surface area (Å²) in [5.41, 5.74) is 6.67. The van der Waals surface area contributed by atoms with Crippen LogP contribution in [0, 0.1) is 0 Å². The van der Waals surface area contributed by atoms with Crippen molar-refractivity contribution in [2.75, 3.05) is 11.9 Å². The molecule has 0 aliphatic rings. The molecule has 1 rings (SSSR count). The van der Waals surface area contributed by atoms with E-state index in [1.807, 2.05) is 18.2 Å². The molecular formula is C12H16N2O. The van der Waals surface area contributed by atoms with Crippen molar-refractivity contribution in [2.24, 2.45) is 5.73 Å². The Morgan fingerprint density at radius 1 is 1.40 bits per heavy atom. The first kappa shape index (κ1) is 11.3. The number of hydrogen-bond acceptors (Lipinski definition) is 2. The Morgan fingerprint density at radius 3 is 2.60 bits per heavy atom. The van der Waals surface area contributed by atoms with Gasteiger partial charge in [-0.25, -0.2) is 0 Å². The zero-order valence-electron chi connectivity index (χ0n) is 8.70. The van der Waals surface area contributed by atoms with Crippen LogP contribution in [0.15, 0.2) is 36.9 Å². The van der Waals surface area contributed by atoms with Crippen molar-refractivity contribution in [1.82, 2.24) is 0 Å². The zero-order chi connectivity index (χ0) is 11.1. The van der Waals surface area contributed by atoms with Gasteiger partial charge in [-0.05, 0) is 37.1 Å². The number of allylic oxidation sites excluding steroid dienone is 1. The molecule has 3 heteroatoms. The average Bonchev–Trinajstić information content (AvgIpc) is 2.25. The zero-order valence-corrected chi connectivity index (χ0v) is 8.70. The summed E-state index contributed by atoms with van der Waals surface area (Å²) in [6, 6.07) is 7.15. The molecule has 3 nitrogen and oxygen atoms in total. The summed E-state index contributed by atoms with van der Waals surface area (Å²) in [5, 5.41) is 3.25. The van der Waals surface area contributed by atoms with Crippen molar-refractivity contribution in [3.8, 4) is 0 Å². The third-order valence-corrected chi connectivity index (χ3v) is 2.08. The molecule has 1 amide bonds. The molecule has 0 radical (unpaired) electrons. The van der Waals surface area contributed by atoms with E-state index in [2.05, 4.69) is 11.9 Å². The van der Waals surface area contributed by atoms with Crippen LogP contribution in [0.5, 0.6) is 0 Å². The summed E-state index contributed by atoms with van der Waals surface area (Å²) in [6.07, 6.45) is 3.96. The smallest absolute Gasteiger partial charge is 0.248 e. The number of primary amides is 1. The lowest BCUT2D eigenvalue weighted by Gasteiger charge is -2.05. The molecule has 1 aromatic carbocycles. The van der Waals surface area contributed by atoms with Gasteiger partial charge in [-0.15, -0.1) is 6.58 Å². The molecule has 0 unspecified atom stereocenters. The lowest BCUT2D eigenvalue weighted by Crippen LogP contribution is -2.10. The van der Waals surface area contributed by atoms with Gasteiger partial charge in [0.25, 0.3) is 0 Å². The predicted molar refractivity (Wildman–Crippen MR) is 62.9 cm³/mol. The SMILES string of the molecule is C=CCCCNc1ccc(C(N)=O)cc1. The highest BCUT2D eigenvalue weighted by Gasteiger charge is 1.98. The van der Waals surface area contributed by atoms with Gasteiger partial charge in [0.2, 0.25) is 5.91 Å². The summed E-state index contributed by atoms with van der Waals surface area (Å²) >= 11 is 0. The van der Waals surface area contributed by atoms with E-state index < -0.39 is 5.91 Å². The number of amides is 1. The van der Waals surface area contributed by atoms with E-state index in [-0.39, 0.29) is 0 Å². The quantitative estimate of drug-likeness (QED) is 0.551. The van der Waals surface area contributed by atoms with Crippen LogP contribution >= 0.6 is 0 Å². The molecule has 1 aromatic rings. The van der Waals surface area contributed by atoms with Gasteiger partial charge < -0.3 is 11.1 Å². The lowest BCUT2D eigenvalue weighted by atomic mass is 10.2. The first-order chi connectivity index (χ1) is 7.24. The summed E-state index contributed by atoms with van der Waals surface area (Å²) < 4.78 is 0. The second-order valence-electron chi connectivity index (χ2n) is 3.30. The van der Waals surface area contributed by atoms with E-state index in [0.29, 0.717) is 5.56 Å². The topological polar surface area (TPSA) is 55.1 Å². The third kappa shape index (κ3) is 3.85. The minimum Gasteiger partial charge on any atom is -0.385 e. The van der Waals surface area contributed by atoms with Crippen LogP contribution in [0.4, 0.5) is 5.69 Å². The number of nitrogens with one attached hydrogen (secondary N) is 1. The van der Waals surface area contributed by atoms with Gasteiger partial charge in [0.05, 0.1) is 0 Å². The Morgan fingerprint density at radius 2 is 2.07 bits per heavy atom. The van der Waals surface area contributed by atoms with Gasteiger partial charge >= 0.3 is 0 Å². The maximum atomic E-state index is 10.8. The molecule has 0 saturated heterocycles. The van der Waals surface area contributed by atoms with Crippen LogP contribution in [-0.2, 0) is 0 Å². The monoisotopic (exact) mass is 204 g/mol. The Kier molecular flexibility index (Phi) is 4.41. The van der Waals surface area contributed by atoms with Crippen molar-refractivity contribution in [1.29, 1.82) is 0 Å². The maximum absolute atomic E-state index is 10.8. The summed E-state index contributed by atoms with van der Waals surface area (Å²) in [7, 11) is 0. The molecular weight excluding hydrogens is 188 g/mol. The van der Waals surface area contributed by atoms with Crippen molar-refractivity contribution < 1.29 is 4.79 Å². The van der Waals surface area contributed by atoms with Gasteiger partial charge in [0, 0.05) is 17.8 Å². The number of carbonyl (C=O) groups is 1. The molecule has 0 aliphatic heterocycles. The molecule has 0 fully saturated rings. The Balaban J connectivity index is 2.42. The second-order valence-corrected chi connectivity index (χ2v) is 3.30. The Bertz CT molecular complexity index is 330. The number of rotatable bonds is 6. The van der Waals surface area contributed by atoms with Crippen LogP contribution in [0.25, 0.3) is 0 Å². The minimum absolute atomic E-state index is 0.395. The fourth-order valence-electron chi connectivity index (χ4n) is 1.23. The van der Waals surface area contributed by atoms with Crippen molar-refractivity contribution >= 4 is 11.6 Å². The number of benzene rings is 1. The number of hydrogen-bond donors (Lipinski definition) is 2. The highest BCUT2D eigenvalue weighted by molar-refractivity contribution is 5.93. The highest BCUT2D eigenvalue weighted by atomic mass is 16.1. The average molecular weight is 204 g/mol. The largest absolute Gasteiger partial charge is 0.385 e. The van der Waals surface area contributed by atoms with Crippen LogP contribution in [-0.4, -0.2) is 12.5 Å². The maximum Gasteiger partial charge on any atom is 0.248 e. The van der Waals surface area contributed by atoms with Crippen LogP contribution in [0.1, 0.15) is 23.2 Å². The fraction of sp³-hybridized carbons (Fsp3) is 0.250. The van der Waals surface area contributed by atoms with E-state index in [1.54, 1.807) is 12.1 Å². The molecule has 80 valence electrons. The lowest BCUT2D eigenvalue weighted by molar-refractivity contribution is 0.100. The van der Waals surface area contributed by atoms with Crippen molar-refractivity contribution in [3.05, 3.63) is 42.5 Å². The van der Waals surface area contributed by atoms with Crippen molar-refractivity contribution in [3.63, 3.8) is 0 Å². The highest BCUT2D eigenvalue weighted by Crippen LogP contribution is 2.09. The van der Waals surface area contributed by atoms with E-state index in [9.17, 15) is 4.79 Å². The molecule has 0 heterocycles. The van der Waals surface area contributed by atoms with Crippen LogP contribution in [0.2, 0.25) is 0 Å². The van der Waals surface area contributed by atoms with Crippen LogP contribution < -0.4 is 11.1 Å². The minimum atomic E-state index is -0.395. The molecule has 0 aromatic heterocycles. The summed E-state index contributed by atoms with van der Waals surface area (Å²) in [5.74, 6) is -0.395. The first-order valence-corrected chi connectivity index (χ1v) is 4.98. The third-order valence-electron chi connectivity index (χ3n) is 2.08. The first-order valence-electron chi connectivity index (χ1n) is 4.98. The molecule has 0 saturated carbocycles. The van der Waals surface area contributed by atoms with Gasteiger partial charge in [-0.2, -0.15) is 0 Å².